The van der Waals surface area contributed by atoms with Gasteiger partial charge >= 0.3 is 0 Å². The molecule has 0 aliphatic carbocycles. The van der Waals surface area contributed by atoms with Gasteiger partial charge in [-0.1, -0.05) is 30.2 Å². The first-order chi connectivity index (χ1) is 10.4. The minimum atomic E-state index is 0.235. The number of nitrogens with zero attached hydrogens (tertiary/aromatic N) is 3. The summed E-state index contributed by atoms with van der Waals surface area (Å²) in [6.07, 6.45) is 8.64. The largest absolute Gasteiger partial charge is 0.480 e. The summed E-state index contributed by atoms with van der Waals surface area (Å²) in [5, 5.41) is 4.43. The van der Waals surface area contributed by atoms with Crippen LogP contribution < -0.4 is 4.74 Å². The number of hydrogen-bond acceptors (Lipinski definition) is 3. The zero-order valence-electron chi connectivity index (χ0n) is 11.3. The summed E-state index contributed by atoms with van der Waals surface area (Å²) in [6, 6.07) is 15.4. The first-order valence-electron chi connectivity index (χ1n) is 6.50. The fourth-order valence-corrected chi connectivity index (χ4v) is 2.00. The second-order valence-corrected chi connectivity index (χ2v) is 4.35. The molecule has 0 amide bonds. The minimum absolute atomic E-state index is 0.235. The topological polar surface area (TPSA) is 39.4 Å². The zero-order valence-corrected chi connectivity index (χ0v) is 11.3. The highest BCUT2D eigenvalue weighted by atomic mass is 16.5. The Hall–Kier alpha value is -3.06. The van der Waals surface area contributed by atoms with Gasteiger partial charge in [-0.3, -0.25) is 0 Å². The Labute approximate surface area is 122 Å². The third kappa shape index (κ3) is 2.77. The fraction of sp³-hybridized carbons (Fsp3) is 0.0588. The predicted molar refractivity (Wildman–Crippen MR) is 83.5 cm³/mol. The fourth-order valence-electron chi connectivity index (χ4n) is 2.00. The number of ether oxygens (including phenoxy) is 1. The number of terminal acetylenes is 1. The smallest absolute Gasteiger partial charge is 0.148 e. The lowest BCUT2D eigenvalue weighted by molar-refractivity contribution is 0.370. The van der Waals surface area contributed by atoms with Crippen molar-refractivity contribution in [2.24, 2.45) is 5.10 Å². The van der Waals surface area contributed by atoms with Gasteiger partial charge in [-0.05, 0) is 24.3 Å². The van der Waals surface area contributed by atoms with Crippen LogP contribution in [0.25, 0.3) is 11.0 Å². The van der Waals surface area contributed by atoms with Crippen molar-refractivity contribution in [2.75, 3.05) is 6.61 Å². The third-order valence-corrected chi connectivity index (χ3v) is 2.99. The van der Waals surface area contributed by atoms with Gasteiger partial charge in [-0.15, -0.1) is 6.42 Å². The Morgan fingerprint density at radius 1 is 1.19 bits per heavy atom. The highest BCUT2D eigenvalue weighted by Gasteiger charge is 2.01. The molecule has 0 radical (unpaired) electrons. The molecule has 0 saturated heterocycles. The van der Waals surface area contributed by atoms with E-state index in [1.165, 1.54) is 0 Å². The average molecular weight is 275 g/mol. The third-order valence-electron chi connectivity index (χ3n) is 2.99. The minimum Gasteiger partial charge on any atom is -0.480 e. The molecular weight excluding hydrogens is 262 g/mol. The second kappa shape index (κ2) is 5.93. The molecule has 4 heteroatoms. The standard InChI is InChI=1S/C17H13N3O/c1-2-11-21-17-10-6-3-7-14(17)12-19-20-13-18-15-8-4-5-9-16(15)20/h1,3-10,12-13H,11H2/b19-12-. The van der Waals surface area contributed by atoms with Crippen molar-refractivity contribution < 1.29 is 4.74 Å². The Morgan fingerprint density at radius 3 is 2.90 bits per heavy atom. The molecular formula is C17H13N3O. The van der Waals surface area contributed by atoms with Crippen LogP contribution >= 0.6 is 0 Å². The molecule has 1 aromatic heterocycles. The summed E-state index contributed by atoms with van der Waals surface area (Å²) in [7, 11) is 0. The molecule has 0 unspecified atom stereocenters. The summed E-state index contributed by atoms with van der Waals surface area (Å²) in [5.74, 6) is 3.17. The first-order valence-corrected chi connectivity index (χ1v) is 6.50. The zero-order chi connectivity index (χ0) is 14.5. The van der Waals surface area contributed by atoms with Crippen LogP contribution in [0, 0.1) is 12.3 Å². The van der Waals surface area contributed by atoms with Crippen LogP contribution in [0.1, 0.15) is 5.56 Å². The van der Waals surface area contributed by atoms with E-state index in [0.29, 0.717) is 5.75 Å². The van der Waals surface area contributed by atoms with Gasteiger partial charge in [0.15, 0.2) is 0 Å². The molecule has 0 aliphatic heterocycles. The lowest BCUT2D eigenvalue weighted by Crippen LogP contribution is -1.98. The van der Waals surface area contributed by atoms with Gasteiger partial charge in [0.25, 0.3) is 0 Å². The van der Waals surface area contributed by atoms with Crippen LogP contribution in [0.3, 0.4) is 0 Å². The van der Waals surface area contributed by atoms with Gasteiger partial charge in [0.2, 0.25) is 0 Å². The molecule has 0 spiro atoms. The van der Waals surface area contributed by atoms with Crippen molar-refractivity contribution in [3.05, 3.63) is 60.4 Å². The van der Waals surface area contributed by atoms with E-state index in [1.807, 2.05) is 48.5 Å². The summed E-state index contributed by atoms with van der Waals surface area (Å²) in [6.45, 7) is 0.235. The van der Waals surface area contributed by atoms with Gasteiger partial charge in [-0.25, -0.2) is 9.66 Å². The van der Waals surface area contributed by atoms with Crippen molar-refractivity contribution >= 4 is 17.2 Å². The summed E-state index contributed by atoms with van der Waals surface area (Å²) in [4.78, 5) is 4.29. The summed E-state index contributed by atoms with van der Waals surface area (Å²) in [5.41, 5.74) is 2.73. The molecule has 4 nitrogen and oxygen atoms in total. The number of rotatable bonds is 4. The van der Waals surface area contributed by atoms with Crippen molar-refractivity contribution in [3.8, 4) is 18.1 Å². The normalized spacial score (nSPS) is 10.8. The number of fused-ring (bicyclic) bond motifs is 1. The predicted octanol–water partition coefficient (Wildman–Crippen LogP) is 2.93. The summed E-state index contributed by atoms with van der Waals surface area (Å²) >= 11 is 0. The van der Waals surface area contributed by atoms with Crippen LogP contribution in [-0.4, -0.2) is 22.5 Å². The lowest BCUT2D eigenvalue weighted by Gasteiger charge is -2.05. The van der Waals surface area contributed by atoms with Crippen molar-refractivity contribution in [1.29, 1.82) is 0 Å². The van der Waals surface area contributed by atoms with Gasteiger partial charge in [0.1, 0.15) is 18.7 Å². The Kier molecular flexibility index (Phi) is 3.66. The van der Waals surface area contributed by atoms with Gasteiger partial charge < -0.3 is 4.74 Å². The van der Waals surface area contributed by atoms with Crippen LogP contribution in [-0.2, 0) is 0 Å². The van der Waals surface area contributed by atoms with Crippen molar-refractivity contribution in [3.63, 3.8) is 0 Å². The molecule has 0 saturated carbocycles. The molecule has 2 aromatic carbocycles. The number of hydrogen-bond donors (Lipinski definition) is 0. The molecule has 0 bridgehead atoms. The molecule has 102 valence electrons. The monoisotopic (exact) mass is 275 g/mol. The maximum atomic E-state index is 5.49. The Morgan fingerprint density at radius 2 is 2.00 bits per heavy atom. The molecule has 0 atom stereocenters. The number of imidazole rings is 1. The van der Waals surface area contributed by atoms with E-state index < -0.39 is 0 Å². The van der Waals surface area contributed by atoms with Gasteiger partial charge in [-0.2, -0.15) is 5.10 Å². The van der Waals surface area contributed by atoms with Crippen LogP contribution in [0.4, 0.5) is 0 Å². The van der Waals surface area contributed by atoms with Gasteiger partial charge in [0, 0.05) is 5.56 Å². The number of para-hydroxylation sites is 3. The highest BCUT2D eigenvalue weighted by Crippen LogP contribution is 2.16. The van der Waals surface area contributed by atoms with E-state index in [9.17, 15) is 0 Å². The summed E-state index contributed by atoms with van der Waals surface area (Å²) < 4.78 is 7.22. The molecule has 1 heterocycles. The lowest BCUT2D eigenvalue weighted by atomic mass is 10.2. The first kappa shape index (κ1) is 12.9. The van der Waals surface area contributed by atoms with E-state index in [4.69, 9.17) is 11.2 Å². The van der Waals surface area contributed by atoms with Crippen molar-refractivity contribution in [2.45, 2.75) is 0 Å². The molecule has 0 fully saturated rings. The SMILES string of the molecule is C#CCOc1ccccc1/C=N\n1cnc2ccccc21. The van der Waals surface area contributed by atoms with E-state index in [-0.39, 0.29) is 6.61 Å². The molecule has 0 aliphatic rings. The van der Waals surface area contributed by atoms with Crippen LogP contribution in [0.2, 0.25) is 0 Å². The van der Waals surface area contributed by atoms with Crippen LogP contribution in [0.15, 0.2) is 60.0 Å². The number of aromatic nitrogens is 2. The molecule has 3 aromatic rings. The van der Waals surface area contributed by atoms with E-state index in [0.717, 1.165) is 16.6 Å². The molecule has 0 N–H and O–H groups in total. The average Bonchev–Trinajstić information content (AvgIpc) is 2.95. The quantitative estimate of drug-likeness (QED) is 0.542. The molecule has 21 heavy (non-hydrogen) atoms. The Balaban J connectivity index is 1.91. The maximum absolute atomic E-state index is 5.49. The number of benzene rings is 2. The van der Waals surface area contributed by atoms with E-state index in [1.54, 1.807) is 17.2 Å². The van der Waals surface area contributed by atoms with E-state index >= 15 is 0 Å². The highest BCUT2D eigenvalue weighted by molar-refractivity contribution is 5.84. The molecule has 3 rings (SSSR count). The van der Waals surface area contributed by atoms with Crippen LogP contribution in [0.5, 0.6) is 5.75 Å². The van der Waals surface area contributed by atoms with Crippen molar-refractivity contribution in [1.82, 2.24) is 9.66 Å². The second-order valence-electron chi connectivity index (χ2n) is 4.35. The van der Waals surface area contributed by atoms with E-state index in [2.05, 4.69) is 16.0 Å². The Bertz CT molecular complexity index is 827. The maximum Gasteiger partial charge on any atom is 0.148 e. The van der Waals surface area contributed by atoms with Gasteiger partial charge in [0.05, 0.1) is 17.2 Å².